The zero-order chi connectivity index (χ0) is 22.0. The van der Waals surface area contributed by atoms with E-state index in [1.165, 1.54) is 15.9 Å². The fourth-order valence-electron chi connectivity index (χ4n) is 3.63. The topological polar surface area (TPSA) is 77.4 Å². The normalized spacial score (nSPS) is 12.0. The van der Waals surface area contributed by atoms with Gasteiger partial charge in [0.25, 0.3) is 5.56 Å². The Morgan fingerprint density at radius 1 is 1.17 bits per heavy atom. The standard InChI is InChI=1S/C23H26N2O4S/c1-6-17(25-18-11-9-8-10-16(18)13(3)12-19(25)26)21(27)24-22-20(23(28)29-7-2)14(4)15(5)30-22/h8-12,17H,6-7H2,1-5H3,(H,24,27). The van der Waals surface area contributed by atoms with Gasteiger partial charge in [-0.3, -0.25) is 14.2 Å². The highest BCUT2D eigenvalue weighted by atomic mass is 32.1. The number of carbonyl (C=O) groups is 2. The second kappa shape index (κ2) is 8.83. The van der Waals surface area contributed by atoms with E-state index in [0.717, 1.165) is 21.4 Å². The Morgan fingerprint density at radius 2 is 1.87 bits per heavy atom. The van der Waals surface area contributed by atoms with E-state index >= 15 is 0 Å². The Morgan fingerprint density at radius 3 is 2.53 bits per heavy atom. The number of hydrogen-bond donors (Lipinski definition) is 1. The van der Waals surface area contributed by atoms with Crippen molar-refractivity contribution in [2.24, 2.45) is 0 Å². The Labute approximate surface area is 179 Å². The van der Waals surface area contributed by atoms with Crippen molar-refractivity contribution in [3.63, 3.8) is 0 Å². The van der Waals surface area contributed by atoms with Crippen molar-refractivity contribution in [3.05, 3.63) is 62.3 Å². The second-order valence-corrected chi connectivity index (χ2v) is 8.40. The average Bonchev–Trinajstić information content (AvgIpc) is 2.98. The van der Waals surface area contributed by atoms with Gasteiger partial charge in [-0.25, -0.2) is 4.79 Å². The number of carbonyl (C=O) groups excluding carboxylic acids is 2. The van der Waals surface area contributed by atoms with Crippen molar-refractivity contribution < 1.29 is 14.3 Å². The Bertz CT molecular complexity index is 1180. The summed E-state index contributed by atoms with van der Waals surface area (Å²) >= 11 is 1.34. The molecule has 0 aliphatic rings. The molecule has 0 saturated carbocycles. The van der Waals surface area contributed by atoms with Crippen LogP contribution in [0.5, 0.6) is 0 Å². The van der Waals surface area contributed by atoms with Gasteiger partial charge >= 0.3 is 5.97 Å². The largest absolute Gasteiger partial charge is 0.462 e. The van der Waals surface area contributed by atoms with Crippen LogP contribution in [0.4, 0.5) is 5.00 Å². The molecular formula is C23H26N2O4S. The lowest BCUT2D eigenvalue weighted by Crippen LogP contribution is -2.33. The van der Waals surface area contributed by atoms with Crippen molar-refractivity contribution in [2.75, 3.05) is 11.9 Å². The molecule has 7 heteroatoms. The predicted octanol–water partition coefficient (Wildman–Crippen LogP) is 4.75. The summed E-state index contributed by atoms with van der Waals surface area (Å²) in [6, 6.07) is 8.41. The maximum Gasteiger partial charge on any atom is 0.341 e. The molecule has 158 valence electrons. The number of fused-ring (bicyclic) bond motifs is 1. The van der Waals surface area contributed by atoms with Crippen LogP contribution in [-0.2, 0) is 9.53 Å². The number of benzene rings is 1. The lowest BCUT2D eigenvalue weighted by molar-refractivity contribution is -0.119. The molecule has 1 amide bonds. The van der Waals surface area contributed by atoms with Crippen LogP contribution >= 0.6 is 11.3 Å². The van der Waals surface area contributed by atoms with Gasteiger partial charge in [0.2, 0.25) is 5.91 Å². The molecule has 1 N–H and O–H groups in total. The number of amides is 1. The third kappa shape index (κ3) is 3.89. The number of anilines is 1. The smallest absolute Gasteiger partial charge is 0.341 e. The minimum atomic E-state index is -0.708. The fourth-order valence-corrected chi connectivity index (χ4v) is 4.69. The molecule has 1 atom stereocenters. The lowest BCUT2D eigenvalue weighted by atomic mass is 10.1. The molecule has 0 spiro atoms. The maximum absolute atomic E-state index is 13.3. The van der Waals surface area contributed by atoms with E-state index in [9.17, 15) is 14.4 Å². The number of aromatic nitrogens is 1. The number of pyridine rings is 1. The summed E-state index contributed by atoms with van der Waals surface area (Å²) in [6.45, 7) is 9.48. The third-order valence-corrected chi connectivity index (χ3v) is 6.39. The summed E-state index contributed by atoms with van der Waals surface area (Å²) in [6.07, 6.45) is 0.427. The molecular weight excluding hydrogens is 400 g/mol. The van der Waals surface area contributed by atoms with Crippen molar-refractivity contribution in [1.29, 1.82) is 0 Å². The average molecular weight is 427 g/mol. The summed E-state index contributed by atoms with van der Waals surface area (Å²) < 4.78 is 6.70. The van der Waals surface area contributed by atoms with Gasteiger partial charge in [-0.2, -0.15) is 0 Å². The summed E-state index contributed by atoms with van der Waals surface area (Å²) in [5.41, 5.74) is 2.53. The van der Waals surface area contributed by atoms with Crippen LogP contribution < -0.4 is 10.9 Å². The number of nitrogens with one attached hydrogen (secondary N) is 1. The Kier molecular flexibility index (Phi) is 6.41. The molecule has 0 aliphatic carbocycles. The number of aryl methyl sites for hydroxylation is 2. The van der Waals surface area contributed by atoms with Crippen LogP contribution in [0.25, 0.3) is 10.9 Å². The molecule has 0 bridgehead atoms. The number of hydrogen-bond acceptors (Lipinski definition) is 5. The lowest BCUT2D eigenvalue weighted by Gasteiger charge is -2.21. The van der Waals surface area contributed by atoms with Crippen LogP contribution in [0.15, 0.2) is 35.1 Å². The Hall–Kier alpha value is -2.93. The first-order chi connectivity index (χ1) is 14.3. The molecule has 2 aromatic heterocycles. The zero-order valence-corrected chi connectivity index (χ0v) is 18.7. The number of ether oxygens (including phenoxy) is 1. The first-order valence-corrected chi connectivity index (χ1v) is 10.8. The van der Waals surface area contributed by atoms with Gasteiger partial charge < -0.3 is 10.1 Å². The van der Waals surface area contributed by atoms with E-state index in [1.807, 2.05) is 52.0 Å². The van der Waals surface area contributed by atoms with E-state index in [0.29, 0.717) is 22.5 Å². The van der Waals surface area contributed by atoms with Gasteiger partial charge in [0.15, 0.2) is 0 Å². The SMILES string of the molecule is CCOC(=O)c1c(NC(=O)C(CC)n2c(=O)cc(C)c3ccccc32)sc(C)c1C. The number of thiophene rings is 1. The summed E-state index contributed by atoms with van der Waals surface area (Å²) in [5, 5.41) is 4.27. The summed E-state index contributed by atoms with van der Waals surface area (Å²) in [7, 11) is 0. The molecule has 1 aromatic carbocycles. The quantitative estimate of drug-likeness (QED) is 0.577. The zero-order valence-electron chi connectivity index (χ0n) is 17.9. The molecule has 2 heterocycles. The van der Waals surface area contributed by atoms with Gasteiger partial charge in [0.1, 0.15) is 11.0 Å². The van der Waals surface area contributed by atoms with Gasteiger partial charge in [0.05, 0.1) is 17.7 Å². The van der Waals surface area contributed by atoms with Crippen LogP contribution in [0.1, 0.15) is 52.7 Å². The number of para-hydroxylation sites is 1. The number of rotatable bonds is 6. The predicted molar refractivity (Wildman–Crippen MR) is 121 cm³/mol. The van der Waals surface area contributed by atoms with Gasteiger partial charge in [-0.15, -0.1) is 11.3 Å². The van der Waals surface area contributed by atoms with Crippen LogP contribution in [-0.4, -0.2) is 23.1 Å². The van der Waals surface area contributed by atoms with Crippen molar-refractivity contribution >= 4 is 39.1 Å². The van der Waals surface area contributed by atoms with E-state index in [4.69, 9.17) is 4.74 Å². The first kappa shape index (κ1) is 21.8. The molecule has 0 fully saturated rings. The van der Waals surface area contributed by atoms with E-state index < -0.39 is 12.0 Å². The maximum atomic E-state index is 13.3. The first-order valence-electron chi connectivity index (χ1n) is 9.98. The van der Waals surface area contributed by atoms with Crippen LogP contribution in [0.3, 0.4) is 0 Å². The highest BCUT2D eigenvalue weighted by Crippen LogP contribution is 2.34. The van der Waals surface area contributed by atoms with Crippen molar-refractivity contribution in [3.8, 4) is 0 Å². The van der Waals surface area contributed by atoms with Crippen LogP contribution in [0.2, 0.25) is 0 Å². The van der Waals surface area contributed by atoms with Gasteiger partial charge in [0, 0.05) is 16.3 Å². The molecule has 0 radical (unpaired) electrons. The monoisotopic (exact) mass is 426 g/mol. The van der Waals surface area contributed by atoms with E-state index in [2.05, 4.69) is 5.32 Å². The van der Waals surface area contributed by atoms with Crippen LogP contribution in [0, 0.1) is 20.8 Å². The number of esters is 1. The molecule has 0 saturated heterocycles. The molecule has 6 nitrogen and oxygen atoms in total. The fraction of sp³-hybridized carbons (Fsp3) is 0.348. The molecule has 3 rings (SSSR count). The molecule has 0 aliphatic heterocycles. The van der Waals surface area contributed by atoms with Gasteiger partial charge in [-0.05, 0) is 51.3 Å². The summed E-state index contributed by atoms with van der Waals surface area (Å²) in [4.78, 5) is 39.5. The van der Waals surface area contributed by atoms with Crippen molar-refractivity contribution in [1.82, 2.24) is 4.57 Å². The molecule has 30 heavy (non-hydrogen) atoms. The van der Waals surface area contributed by atoms with E-state index in [-0.39, 0.29) is 18.1 Å². The second-order valence-electron chi connectivity index (χ2n) is 7.17. The molecule has 3 aromatic rings. The highest BCUT2D eigenvalue weighted by Gasteiger charge is 2.26. The number of nitrogens with zero attached hydrogens (tertiary/aromatic N) is 1. The minimum Gasteiger partial charge on any atom is -0.462 e. The third-order valence-electron chi connectivity index (χ3n) is 5.27. The highest BCUT2D eigenvalue weighted by molar-refractivity contribution is 7.16. The minimum absolute atomic E-state index is 0.225. The Balaban J connectivity index is 2.05. The van der Waals surface area contributed by atoms with Gasteiger partial charge in [-0.1, -0.05) is 25.1 Å². The van der Waals surface area contributed by atoms with E-state index in [1.54, 1.807) is 13.0 Å². The molecule has 1 unspecified atom stereocenters. The summed E-state index contributed by atoms with van der Waals surface area (Å²) in [5.74, 6) is -0.791. The van der Waals surface area contributed by atoms with Crippen molar-refractivity contribution in [2.45, 2.75) is 47.1 Å².